The standard InChI is InChI=1S/C27H26N2O/c30-26(29-24-17-23-10-4-5-11-25(23)28-19-24)27(14-6-1-7-15-27)18-20-12-13-21-8-2-3-9-22(21)16-20/h2-5,8-13,16-17,19H,1,6-7,14-15,18H2,(H,29,30). The molecule has 0 radical (unpaired) electrons. The lowest BCUT2D eigenvalue weighted by molar-refractivity contribution is -0.127. The molecule has 3 nitrogen and oxygen atoms in total. The minimum Gasteiger partial charge on any atom is -0.324 e. The minimum absolute atomic E-state index is 0.132. The van der Waals surface area contributed by atoms with E-state index >= 15 is 0 Å². The van der Waals surface area contributed by atoms with Gasteiger partial charge in [-0.15, -0.1) is 0 Å². The molecule has 0 bridgehead atoms. The van der Waals surface area contributed by atoms with Gasteiger partial charge in [-0.25, -0.2) is 0 Å². The SMILES string of the molecule is O=C(Nc1cnc2ccccc2c1)C1(Cc2ccc3ccccc3c2)CCCCC1. The van der Waals surface area contributed by atoms with Crippen molar-refractivity contribution in [3.05, 3.63) is 84.6 Å². The average Bonchev–Trinajstić information content (AvgIpc) is 2.79. The zero-order valence-corrected chi connectivity index (χ0v) is 17.1. The van der Waals surface area contributed by atoms with Gasteiger partial charge in [-0.05, 0) is 47.7 Å². The van der Waals surface area contributed by atoms with Crippen LogP contribution < -0.4 is 5.32 Å². The van der Waals surface area contributed by atoms with Crippen LogP contribution in [0, 0.1) is 5.41 Å². The third-order valence-corrected chi connectivity index (χ3v) is 6.50. The van der Waals surface area contributed by atoms with Gasteiger partial charge in [0.25, 0.3) is 0 Å². The lowest BCUT2D eigenvalue weighted by Crippen LogP contribution is -2.40. The fraction of sp³-hybridized carbons (Fsp3) is 0.259. The third kappa shape index (κ3) is 3.68. The van der Waals surface area contributed by atoms with Crippen molar-refractivity contribution in [3.8, 4) is 0 Å². The normalized spacial score (nSPS) is 15.9. The van der Waals surface area contributed by atoms with E-state index in [-0.39, 0.29) is 11.3 Å². The van der Waals surface area contributed by atoms with Crippen LogP contribution in [-0.4, -0.2) is 10.9 Å². The number of hydrogen-bond acceptors (Lipinski definition) is 2. The van der Waals surface area contributed by atoms with E-state index in [2.05, 4.69) is 52.8 Å². The van der Waals surface area contributed by atoms with Crippen LogP contribution in [0.25, 0.3) is 21.7 Å². The van der Waals surface area contributed by atoms with E-state index < -0.39 is 0 Å². The van der Waals surface area contributed by atoms with Crippen molar-refractivity contribution in [2.24, 2.45) is 5.41 Å². The second-order valence-electron chi connectivity index (χ2n) is 8.57. The molecule has 3 heteroatoms. The van der Waals surface area contributed by atoms with Gasteiger partial charge in [0.05, 0.1) is 22.8 Å². The summed E-state index contributed by atoms with van der Waals surface area (Å²) in [7, 11) is 0. The molecule has 1 N–H and O–H groups in total. The van der Waals surface area contributed by atoms with E-state index in [9.17, 15) is 4.79 Å². The number of carbonyl (C=O) groups excluding carboxylic acids is 1. The first-order valence-electron chi connectivity index (χ1n) is 10.9. The zero-order valence-electron chi connectivity index (χ0n) is 17.1. The summed E-state index contributed by atoms with van der Waals surface area (Å²) >= 11 is 0. The van der Waals surface area contributed by atoms with Gasteiger partial charge in [0, 0.05) is 5.39 Å². The summed E-state index contributed by atoms with van der Waals surface area (Å²) in [6.45, 7) is 0. The molecule has 150 valence electrons. The summed E-state index contributed by atoms with van der Waals surface area (Å²) in [5.41, 5.74) is 2.61. The maximum Gasteiger partial charge on any atom is 0.230 e. The molecule has 0 saturated heterocycles. The van der Waals surface area contributed by atoms with Crippen LogP contribution in [0.1, 0.15) is 37.7 Å². The molecule has 1 saturated carbocycles. The second-order valence-corrected chi connectivity index (χ2v) is 8.57. The van der Waals surface area contributed by atoms with Crippen molar-refractivity contribution < 1.29 is 4.79 Å². The highest BCUT2D eigenvalue weighted by molar-refractivity contribution is 5.97. The molecule has 1 aliphatic carbocycles. The van der Waals surface area contributed by atoms with E-state index in [1.165, 1.54) is 22.8 Å². The van der Waals surface area contributed by atoms with Gasteiger partial charge in [-0.2, -0.15) is 0 Å². The first kappa shape index (κ1) is 18.8. The number of amides is 1. The fourth-order valence-electron chi connectivity index (χ4n) is 4.86. The number of aromatic nitrogens is 1. The summed E-state index contributed by atoms with van der Waals surface area (Å²) in [6, 6.07) is 25.0. The Labute approximate surface area is 177 Å². The van der Waals surface area contributed by atoms with Crippen LogP contribution in [0.2, 0.25) is 0 Å². The predicted molar refractivity (Wildman–Crippen MR) is 124 cm³/mol. The van der Waals surface area contributed by atoms with Gasteiger partial charge in [0.15, 0.2) is 0 Å². The average molecular weight is 395 g/mol. The molecule has 5 rings (SSSR count). The predicted octanol–water partition coefficient (Wildman–Crippen LogP) is 6.52. The smallest absolute Gasteiger partial charge is 0.230 e. The second kappa shape index (κ2) is 7.91. The van der Waals surface area contributed by atoms with Crippen molar-refractivity contribution in [2.45, 2.75) is 38.5 Å². The molecular weight excluding hydrogens is 368 g/mol. The highest BCUT2D eigenvalue weighted by Gasteiger charge is 2.39. The Balaban J connectivity index is 1.43. The molecule has 1 aromatic heterocycles. The van der Waals surface area contributed by atoms with Crippen molar-refractivity contribution in [3.63, 3.8) is 0 Å². The van der Waals surface area contributed by atoms with Gasteiger partial charge < -0.3 is 5.32 Å². The van der Waals surface area contributed by atoms with Gasteiger partial charge >= 0.3 is 0 Å². The van der Waals surface area contributed by atoms with E-state index in [0.717, 1.165) is 48.7 Å². The lowest BCUT2D eigenvalue weighted by atomic mass is 9.69. The number of anilines is 1. The lowest BCUT2D eigenvalue weighted by Gasteiger charge is -2.36. The van der Waals surface area contributed by atoms with Gasteiger partial charge in [0.1, 0.15) is 0 Å². The monoisotopic (exact) mass is 394 g/mol. The molecular formula is C27H26N2O. The van der Waals surface area contributed by atoms with E-state index in [4.69, 9.17) is 0 Å². The molecule has 1 heterocycles. The Morgan fingerprint density at radius 2 is 1.57 bits per heavy atom. The quantitative estimate of drug-likeness (QED) is 0.428. The van der Waals surface area contributed by atoms with Gasteiger partial charge in [-0.3, -0.25) is 9.78 Å². The number of nitrogens with one attached hydrogen (secondary N) is 1. The number of rotatable bonds is 4. The molecule has 0 unspecified atom stereocenters. The Morgan fingerprint density at radius 3 is 2.40 bits per heavy atom. The molecule has 3 aromatic carbocycles. The maximum absolute atomic E-state index is 13.6. The highest BCUT2D eigenvalue weighted by Crippen LogP contribution is 2.41. The molecule has 1 fully saturated rings. The largest absolute Gasteiger partial charge is 0.324 e. The van der Waals surface area contributed by atoms with Crippen molar-refractivity contribution in [1.82, 2.24) is 4.98 Å². The first-order valence-corrected chi connectivity index (χ1v) is 10.9. The van der Waals surface area contributed by atoms with Crippen molar-refractivity contribution in [1.29, 1.82) is 0 Å². The van der Waals surface area contributed by atoms with Gasteiger partial charge in [-0.1, -0.05) is 79.9 Å². The molecule has 30 heavy (non-hydrogen) atoms. The Hall–Kier alpha value is -3.20. The summed E-state index contributed by atoms with van der Waals surface area (Å²) < 4.78 is 0. The first-order chi connectivity index (χ1) is 14.7. The number of nitrogens with zero attached hydrogens (tertiary/aromatic N) is 1. The zero-order chi connectivity index (χ0) is 20.4. The topological polar surface area (TPSA) is 42.0 Å². The number of benzene rings is 3. The van der Waals surface area contributed by atoms with Crippen LogP contribution in [-0.2, 0) is 11.2 Å². The number of carbonyl (C=O) groups is 1. The summed E-state index contributed by atoms with van der Waals surface area (Å²) in [6.07, 6.45) is 7.86. The molecule has 0 spiro atoms. The van der Waals surface area contributed by atoms with Crippen LogP contribution in [0.4, 0.5) is 5.69 Å². The van der Waals surface area contributed by atoms with Crippen LogP contribution in [0.3, 0.4) is 0 Å². The molecule has 0 atom stereocenters. The molecule has 1 aliphatic rings. The van der Waals surface area contributed by atoms with E-state index in [1.807, 2.05) is 30.3 Å². The summed E-state index contributed by atoms with van der Waals surface area (Å²) in [4.78, 5) is 18.1. The molecule has 1 amide bonds. The van der Waals surface area contributed by atoms with Crippen LogP contribution in [0.5, 0.6) is 0 Å². The Morgan fingerprint density at radius 1 is 0.833 bits per heavy atom. The van der Waals surface area contributed by atoms with Crippen molar-refractivity contribution >= 4 is 33.3 Å². The van der Waals surface area contributed by atoms with Crippen LogP contribution in [0.15, 0.2) is 79.0 Å². The number of hydrogen-bond donors (Lipinski definition) is 1. The van der Waals surface area contributed by atoms with E-state index in [1.54, 1.807) is 6.20 Å². The molecule has 0 aliphatic heterocycles. The summed E-state index contributed by atoms with van der Waals surface area (Å²) in [5, 5.41) is 6.72. The minimum atomic E-state index is -0.355. The Bertz CT molecular complexity index is 1210. The van der Waals surface area contributed by atoms with Gasteiger partial charge in [0.2, 0.25) is 5.91 Å². The van der Waals surface area contributed by atoms with Crippen molar-refractivity contribution in [2.75, 3.05) is 5.32 Å². The third-order valence-electron chi connectivity index (χ3n) is 6.50. The fourth-order valence-corrected chi connectivity index (χ4v) is 4.86. The maximum atomic E-state index is 13.6. The molecule has 4 aromatic rings. The number of pyridine rings is 1. The van der Waals surface area contributed by atoms with E-state index in [0.29, 0.717) is 0 Å². The summed E-state index contributed by atoms with van der Waals surface area (Å²) in [5.74, 6) is 0.132. The number of fused-ring (bicyclic) bond motifs is 2. The number of para-hydroxylation sites is 1. The highest BCUT2D eigenvalue weighted by atomic mass is 16.2. The van der Waals surface area contributed by atoms with Crippen LogP contribution >= 0.6 is 0 Å². The Kier molecular flexibility index (Phi) is 4.96.